The van der Waals surface area contributed by atoms with E-state index in [1.165, 1.54) is 0 Å². The van der Waals surface area contributed by atoms with Crippen molar-refractivity contribution in [2.24, 2.45) is 13.0 Å². The second-order valence-corrected chi connectivity index (χ2v) is 10.6. The van der Waals surface area contributed by atoms with E-state index in [1.807, 2.05) is 32.3 Å². The van der Waals surface area contributed by atoms with Crippen LogP contribution in [0.25, 0.3) is 10.9 Å². The second-order valence-electron chi connectivity index (χ2n) is 9.10. The van der Waals surface area contributed by atoms with E-state index in [0.29, 0.717) is 11.3 Å². The van der Waals surface area contributed by atoms with Crippen molar-refractivity contribution in [2.75, 3.05) is 0 Å². The summed E-state index contributed by atoms with van der Waals surface area (Å²) < 4.78 is 1.75. The van der Waals surface area contributed by atoms with Gasteiger partial charge in [0.1, 0.15) is 5.25 Å². The second kappa shape index (κ2) is 8.35. The van der Waals surface area contributed by atoms with Crippen molar-refractivity contribution in [3.63, 3.8) is 0 Å². The highest BCUT2D eigenvalue weighted by Gasteiger charge is 2.37. The van der Waals surface area contributed by atoms with E-state index in [0.717, 1.165) is 41.4 Å². The number of rotatable bonds is 3. The van der Waals surface area contributed by atoms with Gasteiger partial charge in [-0.25, -0.2) is 0 Å². The number of aryl methyl sites for hydroxylation is 2. The maximum atomic E-state index is 13.2. The molecule has 1 saturated heterocycles. The van der Waals surface area contributed by atoms with Crippen LogP contribution in [0.1, 0.15) is 57.2 Å². The number of carbonyl (C=O) groups is 1. The molecule has 3 heterocycles. The molecule has 0 aromatic carbocycles. The minimum absolute atomic E-state index is 0.0550. The number of pyridine rings is 2. The van der Waals surface area contributed by atoms with Gasteiger partial charge in [-0.05, 0) is 64.0 Å². The standard InChI is InChI=1S/C23H32N4O2S/c1-12-6-7-17(26-22(28)21-14(3)25-15(4)30-21)10-18(12)19-9-16-11-24-13(2)8-20(16)27(5)23(19)29/h8-9,11-12,14-15,17-18,21,25H,6-7,10H2,1-5H3,(H,26,28). The molecule has 0 bridgehead atoms. The average Bonchev–Trinajstić information content (AvgIpc) is 3.05. The Kier molecular flexibility index (Phi) is 5.95. The number of fused-ring (bicyclic) bond motifs is 1. The molecule has 1 aliphatic heterocycles. The maximum Gasteiger partial charge on any atom is 0.254 e. The van der Waals surface area contributed by atoms with Crippen LogP contribution < -0.4 is 16.2 Å². The van der Waals surface area contributed by atoms with Gasteiger partial charge in [-0.3, -0.25) is 14.6 Å². The molecule has 6 nitrogen and oxygen atoms in total. The average molecular weight is 429 g/mol. The highest BCUT2D eigenvalue weighted by atomic mass is 32.2. The molecular formula is C23H32N4O2S. The zero-order chi connectivity index (χ0) is 21.6. The Morgan fingerprint density at radius 3 is 2.73 bits per heavy atom. The zero-order valence-corrected chi connectivity index (χ0v) is 19.3. The number of nitrogens with zero attached hydrogens (tertiary/aromatic N) is 2. The molecule has 6 atom stereocenters. The van der Waals surface area contributed by atoms with Crippen LogP contribution in [0, 0.1) is 12.8 Å². The minimum Gasteiger partial charge on any atom is -0.352 e. The lowest BCUT2D eigenvalue weighted by Gasteiger charge is -2.35. The third kappa shape index (κ3) is 4.02. The maximum absolute atomic E-state index is 13.2. The predicted molar refractivity (Wildman–Crippen MR) is 123 cm³/mol. The van der Waals surface area contributed by atoms with Crippen LogP contribution in [-0.2, 0) is 11.8 Å². The van der Waals surface area contributed by atoms with Crippen molar-refractivity contribution in [3.05, 3.63) is 39.9 Å². The van der Waals surface area contributed by atoms with Crippen LogP contribution in [0.2, 0.25) is 0 Å². The summed E-state index contributed by atoms with van der Waals surface area (Å²) in [5, 5.41) is 7.94. The molecule has 0 spiro atoms. The van der Waals surface area contributed by atoms with Crippen molar-refractivity contribution in [1.82, 2.24) is 20.2 Å². The van der Waals surface area contributed by atoms with Crippen LogP contribution in [0.4, 0.5) is 0 Å². The van der Waals surface area contributed by atoms with Crippen LogP contribution in [0.3, 0.4) is 0 Å². The van der Waals surface area contributed by atoms with Gasteiger partial charge in [0, 0.05) is 42.0 Å². The summed E-state index contributed by atoms with van der Waals surface area (Å²) in [7, 11) is 1.84. The molecule has 0 radical (unpaired) electrons. The molecular weight excluding hydrogens is 396 g/mol. The zero-order valence-electron chi connectivity index (χ0n) is 18.4. The number of hydrogen-bond acceptors (Lipinski definition) is 5. The van der Waals surface area contributed by atoms with Gasteiger partial charge >= 0.3 is 0 Å². The largest absolute Gasteiger partial charge is 0.352 e. The molecule has 162 valence electrons. The normalized spacial score (nSPS) is 31.8. The molecule has 30 heavy (non-hydrogen) atoms. The van der Waals surface area contributed by atoms with E-state index in [-0.39, 0.29) is 34.7 Å². The van der Waals surface area contributed by atoms with Crippen LogP contribution >= 0.6 is 11.8 Å². The Morgan fingerprint density at radius 2 is 2.03 bits per heavy atom. The molecule has 1 amide bonds. The van der Waals surface area contributed by atoms with Crippen LogP contribution in [-0.4, -0.2) is 38.2 Å². The van der Waals surface area contributed by atoms with Gasteiger partial charge in [0.05, 0.1) is 10.9 Å². The first kappa shape index (κ1) is 21.4. The fraction of sp³-hybridized carbons (Fsp3) is 0.609. The van der Waals surface area contributed by atoms with Crippen molar-refractivity contribution in [3.8, 4) is 0 Å². The van der Waals surface area contributed by atoms with Gasteiger partial charge in [-0.15, -0.1) is 11.8 Å². The third-order valence-electron chi connectivity index (χ3n) is 6.78. The number of hydrogen-bond donors (Lipinski definition) is 2. The molecule has 2 aromatic heterocycles. The predicted octanol–water partition coefficient (Wildman–Crippen LogP) is 3.07. The summed E-state index contributed by atoms with van der Waals surface area (Å²) in [6.07, 6.45) is 4.63. The summed E-state index contributed by atoms with van der Waals surface area (Å²) in [6.45, 7) is 8.33. The summed E-state index contributed by atoms with van der Waals surface area (Å²) in [6, 6.07) is 4.27. The van der Waals surface area contributed by atoms with E-state index >= 15 is 0 Å². The molecule has 2 fully saturated rings. The Morgan fingerprint density at radius 1 is 1.27 bits per heavy atom. The summed E-state index contributed by atoms with van der Waals surface area (Å²) in [4.78, 5) is 30.5. The van der Waals surface area contributed by atoms with E-state index in [9.17, 15) is 9.59 Å². The molecule has 2 aliphatic rings. The molecule has 1 saturated carbocycles. The number of carbonyl (C=O) groups excluding carboxylic acids is 1. The highest BCUT2D eigenvalue weighted by molar-refractivity contribution is 8.01. The first-order chi connectivity index (χ1) is 14.2. The quantitative estimate of drug-likeness (QED) is 0.786. The number of thioether (sulfide) groups is 1. The summed E-state index contributed by atoms with van der Waals surface area (Å²) in [5.41, 5.74) is 2.73. The fourth-order valence-corrected chi connectivity index (χ4v) is 6.29. The smallest absolute Gasteiger partial charge is 0.254 e. The van der Waals surface area contributed by atoms with Gasteiger partial charge in [0.2, 0.25) is 5.91 Å². The Balaban J connectivity index is 1.57. The lowest BCUT2D eigenvalue weighted by atomic mass is 9.74. The molecule has 6 unspecified atom stereocenters. The van der Waals surface area contributed by atoms with Gasteiger partial charge < -0.3 is 15.2 Å². The Labute approximate surface area is 182 Å². The summed E-state index contributed by atoms with van der Waals surface area (Å²) >= 11 is 1.69. The van der Waals surface area contributed by atoms with E-state index in [2.05, 4.69) is 36.4 Å². The minimum atomic E-state index is -0.0550. The van der Waals surface area contributed by atoms with Crippen molar-refractivity contribution >= 4 is 28.6 Å². The third-order valence-corrected chi connectivity index (χ3v) is 8.23. The van der Waals surface area contributed by atoms with E-state index < -0.39 is 0 Å². The number of amides is 1. The first-order valence-electron chi connectivity index (χ1n) is 10.9. The van der Waals surface area contributed by atoms with Crippen LogP contribution in [0.5, 0.6) is 0 Å². The first-order valence-corrected chi connectivity index (χ1v) is 11.9. The van der Waals surface area contributed by atoms with Crippen LogP contribution in [0.15, 0.2) is 23.1 Å². The van der Waals surface area contributed by atoms with Gasteiger partial charge in [0.25, 0.3) is 5.56 Å². The monoisotopic (exact) mass is 428 g/mol. The topological polar surface area (TPSA) is 76.0 Å². The SMILES string of the molecule is Cc1cc2c(cn1)cc(C1CC(NC(=O)C3SC(C)NC3C)CCC1C)c(=O)n2C. The lowest BCUT2D eigenvalue weighted by Crippen LogP contribution is -2.47. The van der Waals surface area contributed by atoms with Gasteiger partial charge in [-0.1, -0.05) is 6.92 Å². The molecule has 7 heteroatoms. The fourth-order valence-electron chi connectivity index (χ4n) is 5.05. The molecule has 4 rings (SSSR count). The Bertz CT molecular complexity index is 1020. The van der Waals surface area contributed by atoms with E-state index in [4.69, 9.17) is 0 Å². The summed E-state index contributed by atoms with van der Waals surface area (Å²) in [5.74, 6) is 0.663. The molecule has 1 aliphatic carbocycles. The molecule has 2 N–H and O–H groups in total. The lowest BCUT2D eigenvalue weighted by molar-refractivity contribution is -0.121. The van der Waals surface area contributed by atoms with E-state index in [1.54, 1.807) is 16.3 Å². The number of nitrogens with one attached hydrogen (secondary N) is 2. The highest BCUT2D eigenvalue weighted by Crippen LogP contribution is 2.37. The number of aromatic nitrogens is 2. The van der Waals surface area contributed by atoms with Crippen molar-refractivity contribution < 1.29 is 4.79 Å². The van der Waals surface area contributed by atoms with Gasteiger partial charge in [-0.2, -0.15) is 0 Å². The molecule has 2 aromatic rings. The van der Waals surface area contributed by atoms with Crippen molar-refractivity contribution in [1.29, 1.82) is 0 Å². The van der Waals surface area contributed by atoms with Gasteiger partial charge in [0.15, 0.2) is 0 Å². The van der Waals surface area contributed by atoms with Crippen molar-refractivity contribution in [2.45, 2.75) is 75.6 Å². The Hall–Kier alpha value is -1.86.